The fourth-order valence-corrected chi connectivity index (χ4v) is 4.70. The van der Waals surface area contributed by atoms with Crippen LogP contribution in [-0.4, -0.2) is 15.0 Å². The highest BCUT2D eigenvalue weighted by molar-refractivity contribution is 9.10. The SMILES string of the molecule is O=S(=O)(NCC1(C2CC2)CC1)c1ccccc1Br. The first-order chi connectivity index (χ1) is 8.54. The molecule has 3 nitrogen and oxygen atoms in total. The Labute approximate surface area is 116 Å². The van der Waals surface area contributed by atoms with Gasteiger partial charge < -0.3 is 0 Å². The van der Waals surface area contributed by atoms with E-state index in [9.17, 15) is 8.42 Å². The van der Waals surface area contributed by atoms with Crippen LogP contribution in [0.5, 0.6) is 0 Å². The molecule has 0 atom stereocenters. The molecule has 0 aromatic heterocycles. The summed E-state index contributed by atoms with van der Waals surface area (Å²) in [7, 11) is -3.39. The molecule has 0 radical (unpaired) electrons. The molecule has 0 aliphatic heterocycles. The van der Waals surface area contributed by atoms with Crippen LogP contribution in [0.2, 0.25) is 0 Å². The van der Waals surface area contributed by atoms with Gasteiger partial charge in [-0.1, -0.05) is 12.1 Å². The highest BCUT2D eigenvalue weighted by Gasteiger charge is 2.53. The Morgan fingerprint density at radius 2 is 1.94 bits per heavy atom. The Kier molecular flexibility index (Phi) is 3.03. The van der Waals surface area contributed by atoms with Crippen molar-refractivity contribution in [1.82, 2.24) is 4.72 Å². The van der Waals surface area contributed by atoms with E-state index in [-0.39, 0.29) is 5.41 Å². The maximum Gasteiger partial charge on any atom is 0.241 e. The molecule has 0 unspecified atom stereocenters. The molecule has 2 aliphatic rings. The Morgan fingerprint density at radius 3 is 2.50 bits per heavy atom. The summed E-state index contributed by atoms with van der Waals surface area (Å²) in [5.41, 5.74) is 0.286. The monoisotopic (exact) mass is 329 g/mol. The zero-order chi connectivity index (χ0) is 12.8. The maximum atomic E-state index is 12.2. The predicted molar refractivity (Wildman–Crippen MR) is 73.7 cm³/mol. The molecule has 0 amide bonds. The number of rotatable bonds is 5. The van der Waals surface area contributed by atoms with Crippen molar-refractivity contribution in [3.8, 4) is 0 Å². The van der Waals surface area contributed by atoms with Gasteiger partial charge in [0.05, 0.1) is 4.90 Å². The zero-order valence-corrected chi connectivity index (χ0v) is 12.4. The lowest BCUT2D eigenvalue weighted by atomic mass is 10.0. The quantitative estimate of drug-likeness (QED) is 0.902. The Hall–Kier alpha value is -0.390. The van der Waals surface area contributed by atoms with Gasteiger partial charge in [-0.25, -0.2) is 13.1 Å². The number of halogens is 1. The first-order valence-electron chi connectivity index (χ1n) is 6.28. The van der Waals surface area contributed by atoms with Gasteiger partial charge >= 0.3 is 0 Å². The van der Waals surface area contributed by atoms with Crippen molar-refractivity contribution < 1.29 is 8.42 Å². The lowest BCUT2D eigenvalue weighted by molar-refractivity contribution is 0.432. The standard InChI is InChI=1S/C13H16BrNO2S/c14-11-3-1-2-4-12(11)18(16,17)15-9-13(7-8-13)10-5-6-10/h1-4,10,15H,5-9H2. The second kappa shape index (κ2) is 4.32. The Balaban J connectivity index is 1.73. The van der Waals surface area contributed by atoms with Crippen LogP contribution in [-0.2, 0) is 10.0 Å². The molecule has 2 aliphatic carbocycles. The van der Waals surface area contributed by atoms with E-state index in [2.05, 4.69) is 20.7 Å². The lowest BCUT2D eigenvalue weighted by Crippen LogP contribution is -2.31. The highest BCUT2D eigenvalue weighted by atomic mass is 79.9. The molecule has 0 heterocycles. The summed E-state index contributed by atoms with van der Waals surface area (Å²) in [6.45, 7) is 0.599. The van der Waals surface area contributed by atoms with Crippen LogP contribution in [0.15, 0.2) is 33.6 Å². The minimum absolute atomic E-state index is 0.286. The minimum Gasteiger partial charge on any atom is -0.211 e. The fraction of sp³-hybridized carbons (Fsp3) is 0.538. The molecular weight excluding hydrogens is 314 g/mol. The predicted octanol–water partition coefficient (Wildman–Crippen LogP) is 2.92. The van der Waals surface area contributed by atoms with Crippen LogP contribution >= 0.6 is 15.9 Å². The Bertz CT molecular complexity index is 562. The normalized spacial score (nSPS) is 21.8. The molecule has 1 N–H and O–H groups in total. The molecule has 3 rings (SSSR count). The third kappa shape index (κ3) is 2.36. The van der Waals surface area contributed by atoms with Gasteiger partial charge in [0.2, 0.25) is 10.0 Å². The second-order valence-electron chi connectivity index (χ2n) is 5.39. The summed E-state index contributed by atoms with van der Waals surface area (Å²) >= 11 is 3.29. The van der Waals surface area contributed by atoms with E-state index in [4.69, 9.17) is 0 Å². The average molecular weight is 330 g/mol. The number of hydrogen-bond donors (Lipinski definition) is 1. The minimum atomic E-state index is -3.39. The summed E-state index contributed by atoms with van der Waals surface area (Å²) in [4.78, 5) is 0.330. The molecule has 0 spiro atoms. The van der Waals surface area contributed by atoms with Crippen LogP contribution in [0.25, 0.3) is 0 Å². The molecule has 0 saturated heterocycles. The molecule has 2 saturated carbocycles. The molecule has 98 valence electrons. The molecule has 1 aromatic carbocycles. The first kappa shape index (κ1) is 12.6. The van der Waals surface area contributed by atoms with Gasteiger partial charge in [-0.05, 0) is 65.1 Å². The van der Waals surface area contributed by atoms with Crippen molar-refractivity contribution >= 4 is 26.0 Å². The number of hydrogen-bond acceptors (Lipinski definition) is 2. The van der Waals surface area contributed by atoms with Crippen molar-refractivity contribution in [3.05, 3.63) is 28.7 Å². The summed E-state index contributed by atoms with van der Waals surface area (Å²) in [6, 6.07) is 6.94. The van der Waals surface area contributed by atoms with Crippen LogP contribution in [0.3, 0.4) is 0 Å². The maximum absolute atomic E-state index is 12.2. The van der Waals surface area contributed by atoms with Crippen LogP contribution in [0.4, 0.5) is 0 Å². The van der Waals surface area contributed by atoms with E-state index >= 15 is 0 Å². The number of nitrogens with one attached hydrogen (secondary N) is 1. The van der Waals surface area contributed by atoms with Crippen LogP contribution in [0, 0.1) is 11.3 Å². The number of benzene rings is 1. The number of sulfonamides is 1. The van der Waals surface area contributed by atoms with E-state index < -0.39 is 10.0 Å². The third-order valence-electron chi connectivity index (χ3n) is 4.08. The zero-order valence-electron chi connectivity index (χ0n) is 10.0. The smallest absolute Gasteiger partial charge is 0.211 e. The summed E-state index contributed by atoms with van der Waals surface area (Å²) < 4.78 is 27.9. The average Bonchev–Trinajstić information content (AvgIpc) is 3.19. The van der Waals surface area contributed by atoms with Crippen molar-refractivity contribution in [2.45, 2.75) is 30.6 Å². The van der Waals surface area contributed by atoms with Gasteiger partial charge in [-0.2, -0.15) is 0 Å². The van der Waals surface area contributed by atoms with Crippen LogP contribution in [0.1, 0.15) is 25.7 Å². The first-order valence-corrected chi connectivity index (χ1v) is 8.55. The highest BCUT2D eigenvalue weighted by Crippen LogP contribution is 2.60. The van der Waals surface area contributed by atoms with Crippen LogP contribution < -0.4 is 4.72 Å². The molecular formula is C13H16BrNO2S. The summed E-state index contributed by atoms with van der Waals surface area (Å²) in [6.07, 6.45) is 4.90. The van der Waals surface area contributed by atoms with Gasteiger partial charge in [-0.15, -0.1) is 0 Å². The van der Waals surface area contributed by atoms with Gasteiger partial charge in [0, 0.05) is 11.0 Å². The molecule has 0 bridgehead atoms. The fourth-order valence-electron chi connectivity index (χ4n) is 2.56. The second-order valence-corrected chi connectivity index (χ2v) is 7.98. The summed E-state index contributed by atoms with van der Waals surface area (Å²) in [5, 5.41) is 0. The van der Waals surface area contributed by atoms with Crippen molar-refractivity contribution in [2.24, 2.45) is 11.3 Å². The van der Waals surface area contributed by atoms with E-state index in [0.717, 1.165) is 5.92 Å². The van der Waals surface area contributed by atoms with Gasteiger partial charge in [0.25, 0.3) is 0 Å². The van der Waals surface area contributed by atoms with Crippen molar-refractivity contribution in [3.63, 3.8) is 0 Å². The summed E-state index contributed by atoms with van der Waals surface area (Å²) in [5.74, 6) is 0.763. The van der Waals surface area contributed by atoms with E-state index in [1.807, 2.05) is 6.07 Å². The molecule has 1 aromatic rings. The van der Waals surface area contributed by atoms with E-state index in [1.165, 1.54) is 25.7 Å². The third-order valence-corrected chi connectivity index (χ3v) is 6.49. The molecule has 2 fully saturated rings. The topological polar surface area (TPSA) is 46.2 Å². The lowest BCUT2D eigenvalue weighted by Gasteiger charge is -2.15. The van der Waals surface area contributed by atoms with Gasteiger partial charge in [0.15, 0.2) is 0 Å². The van der Waals surface area contributed by atoms with Crippen molar-refractivity contribution in [1.29, 1.82) is 0 Å². The molecule has 18 heavy (non-hydrogen) atoms. The van der Waals surface area contributed by atoms with E-state index in [0.29, 0.717) is 15.9 Å². The van der Waals surface area contributed by atoms with Gasteiger partial charge in [-0.3, -0.25) is 0 Å². The Morgan fingerprint density at radius 1 is 1.28 bits per heavy atom. The van der Waals surface area contributed by atoms with Gasteiger partial charge in [0.1, 0.15) is 0 Å². The largest absolute Gasteiger partial charge is 0.241 e. The molecule has 5 heteroatoms. The van der Waals surface area contributed by atoms with Crippen molar-refractivity contribution in [2.75, 3.05) is 6.54 Å². The van der Waals surface area contributed by atoms with E-state index in [1.54, 1.807) is 18.2 Å².